The summed E-state index contributed by atoms with van der Waals surface area (Å²) in [5, 5.41) is 2.77. The lowest BCUT2D eigenvalue weighted by atomic mass is 10.1. The number of carbonyl (C=O) groups is 1. The summed E-state index contributed by atoms with van der Waals surface area (Å²) in [6.45, 7) is 7.48. The minimum atomic E-state index is -0.537. The molecule has 0 aromatic heterocycles. The molecule has 0 heterocycles. The van der Waals surface area contributed by atoms with Gasteiger partial charge in [-0.05, 0) is 57.5 Å². The van der Waals surface area contributed by atoms with E-state index >= 15 is 0 Å². The van der Waals surface area contributed by atoms with Crippen LogP contribution in [0.3, 0.4) is 0 Å². The fourth-order valence-electron chi connectivity index (χ4n) is 1.95. The van der Waals surface area contributed by atoms with E-state index in [2.05, 4.69) is 17.2 Å². The summed E-state index contributed by atoms with van der Waals surface area (Å²) in [6, 6.07) is 15.5. The molecule has 2 rings (SSSR count). The summed E-state index contributed by atoms with van der Waals surface area (Å²) in [5.74, 6) is 6.23. The molecule has 0 saturated heterocycles. The number of ether oxygens (including phenoxy) is 1. The number of carbonyl (C=O) groups excluding carboxylic acids is 1. The van der Waals surface area contributed by atoms with Gasteiger partial charge in [0.2, 0.25) is 0 Å². The zero-order chi connectivity index (χ0) is 16.9. The molecule has 3 nitrogen and oxygen atoms in total. The van der Waals surface area contributed by atoms with Gasteiger partial charge in [0, 0.05) is 11.1 Å². The van der Waals surface area contributed by atoms with E-state index in [-0.39, 0.29) is 0 Å². The Morgan fingerprint density at radius 1 is 1.04 bits per heavy atom. The van der Waals surface area contributed by atoms with Crippen LogP contribution in [0.1, 0.15) is 37.5 Å². The maximum atomic E-state index is 12.0. The van der Waals surface area contributed by atoms with Gasteiger partial charge in [0.25, 0.3) is 0 Å². The highest BCUT2D eigenvalue weighted by molar-refractivity contribution is 5.87. The number of hydrogen-bond donors (Lipinski definition) is 1. The number of aryl methyl sites for hydroxylation is 1. The summed E-state index contributed by atoms with van der Waals surface area (Å²) < 4.78 is 5.29. The van der Waals surface area contributed by atoms with Crippen molar-refractivity contribution in [1.82, 2.24) is 0 Å². The lowest BCUT2D eigenvalue weighted by Gasteiger charge is -2.20. The summed E-state index contributed by atoms with van der Waals surface area (Å²) in [4.78, 5) is 12.0. The topological polar surface area (TPSA) is 38.3 Å². The molecular weight excluding hydrogens is 286 g/mol. The van der Waals surface area contributed by atoms with Crippen LogP contribution in [0.25, 0.3) is 0 Å². The lowest BCUT2D eigenvalue weighted by molar-refractivity contribution is 0.0636. The predicted molar refractivity (Wildman–Crippen MR) is 93.5 cm³/mol. The Kier molecular flexibility index (Phi) is 5.08. The molecule has 0 unspecified atom stereocenters. The highest BCUT2D eigenvalue weighted by Gasteiger charge is 2.16. The Bertz CT molecular complexity index is 747. The molecule has 0 aliphatic carbocycles. The van der Waals surface area contributed by atoms with Crippen molar-refractivity contribution < 1.29 is 9.53 Å². The number of hydrogen-bond acceptors (Lipinski definition) is 2. The first kappa shape index (κ1) is 16.6. The van der Waals surface area contributed by atoms with Gasteiger partial charge in [0.1, 0.15) is 5.60 Å². The van der Waals surface area contributed by atoms with Crippen molar-refractivity contribution in [2.24, 2.45) is 0 Å². The van der Waals surface area contributed by atoms with E-state index in [1.807, 2.05) is 76.2 Å². The van der Waals surface area contributed by atoms with Crippen LogP contribution in [0.4, 0.5) is 10.5 Å². The summed E-state index contributed by atoms with van der Waals surface area (Å²) >= 11 is 0. The van der Waals surface area contributed by atoms with Gasteiger partial charge in [-0.25, -0.2) is 4.79 Å². The summed E-state index contributed by atoms with van der Waals surface area (Å²) in [5.41, 5.74) is 2.88. The molecule has 0 aliphatic heterocycles. The van der Waals surface area contributed by atoms with Crippen molar-refractivity contribution in [3.05, 3.63) is 65.2 Å². The van der Waals surface area contributed by atoms with Gasteiger partial charge in [0.05, 0.1) is 5.69 Å². The predicted octanol–water partition coefficient (Wildman–Crippen LogP) is 4.74. The zero-order valence-electron chi connectivity index (χ0n) is 13.9. The van der Waals surface area contributed by atoms with Gasteiger partial charge < -0.3 is 4.74 Å². The van der Waals surface area contributed by atoms with Gasteiger partial charge in [-0.2, -0.15) is 0 Å². The van der Waals surface area contributed by atoms with E-state index in [1.165, 1.54) is 0 Å². The molecule has 1 N–H and O–H groups in total. The van der Waals surface area contributed by atoms with E-state index < -0.39 is 11.7 Å². The van der Waals surface area contributed by atoms with E-state index in [1.54, 1.807) is 0 Å². The van der Waals surface area contributed by atoms with E-state index in [9.17, 15) is 4.79 Å². The fraction of sp³-hybridized carbons (Fsp3) is 0.250. The standard InChI is InChI=1S/C20H21NO2/c1-15-10-13-18(21-19(22)23-20(2,3)4)17(14-15)12-11-16-8-6-5-7-9-16/h5-10,13-14H,1-4H3,(H,21,22). The van der Waals surface area contributed by atoms with Crippen LogP contribution in [0.15, 0.2) is 48.5 Å². The second-order valence-electron chi connectivity index (χ2n) is 6.29. The number of amides is 1. The molecule has 2 aromatic carbocycles. The quantitative estimate of drug-likeness (QED) is 0.773. The average molecular weight is 307 g/mol. The molecule has 0 fully saturated rings. The minimum Gasteiger partial charge on any atom is -0.444 e. The van der Waals surface area contributed by atoms with E-state index in [0.717, 1.165) is 16.7 Å². The first-order valence-corrected chi connectivity index (χ1v) is 7.51. The third-order valence-corrected chi connectivity index (χ3v) is 2.93. The van der Waals surface area contributed by atoms with Crippen LogP contribution in [-0.4, -0.2) is 11.7 Å². The van der Waals surface area contributed by atoms with Crippen molar-refractivity contribution >= 4 is 11.8 Å². The number of benzene rings is 2. The van der Waals surface area contributed by atoms with Gasteiger partial charge in [-0.1, -0.05) is 36.1 Å². The molecule has 0 saturated carbocycles. The molecule has 0 aliphatic rings. The first-order valence-electron chi connectivity index (χ1n) is 7.51. The largest absolute Gasteiger partial charge is 0.444 e. The molecule has 3 heteroatoms. The first-order chi connectivity index (χ1) is 10.8. The third-order valence-electron chi connectivity index (χ3n) is 2.93. The minimum absolute atomic E-state index is 0.482. The lowest BCUT2D eigenvalue weighted by Crippen LogP contribution is -2.27. The molecular formula is C20H21NO2. The molecule has 23 heavy (non-hydrogen) atoms. The maximum absolute atomic E-state index is 12.0. The Balaban J connectivity index is 2.25. The smallest absolute Gasteiger partial charge is 0.412 e. The number of nitrogens with one attached hydrogen (secondary N) is 1. The summed E-state index contributed by atoms with van der Waals surface area (Å²) in [6.07, 6.45) is -0.482. The number of rotatable bonds is 1. The molecule has 0 bridgehead atoms. The van der Waals surface area contributed by atoms with Crippen LogP contribution in [0, 0.1) is 18.8 Å². The van der Waals surface area contributed by atoms with E-state index in [4.69, 9.17) is 4.74 Å². The summed E-state index contributed by atoms with van der Waals surface area (Å²) in [7, 11) is 0. The molecule has 118 valence electrons. The zero-order valence-corrected chi connectivity index (χ0v) is 13.9. The third kappa shape index (κ3) is 5.52. The highest BCUT2D eigenvalue weighted by Crippen LogP contribution is 2.18. The van der Waals surface area contributed by atoms with Crippen molar-refractivity contribution in [3.63, 3.8) is 0 Å². The van der Waals surface area contributed by atoms with Crippen molar-refractivity contribution in [3.8, 4) is 11.8 Å². The van der Waals surface area contributed by atoms with Crippen LogP contribution in [-0.2, 0) is 4.74 Å². The second-order valence-corrected chi connectivity index (χ2v) is 6.29. The van der Waals surface area contributed by atoms with Crippen molar-refractivity contribution in [1.29, 1.82) is 0 Å². The van der Waals surface area contributed by atoms with Crippen LogP contribution in [0.5, 0.6) is 0 Å². The molecule has 2 aromatic rings. The number of anilines is 1. The Hall–Kier alpha value is -2.73. The monoisotopic (exact) mass is 307 g/mol. The highest BCUT2D eigenvalue weighted by atomic mass is 16.6. The Morgan fingerprint density at radius 2 is 1.74 bits per heavy atom. The van der Waals surface area contributed by atoms with Crippen molar-refractivity contribution in [2.45, 2.75) is 33.3 Å². The van der Waals surface area contributed by atoms with Gasteiger partial charge in [-0.3, -0.25) is 5.32 Å². The molecule has 1 amide bonds. The average Bonchev–Trinajstić information content (AvgIpc) is 2.46. The normalized spacial score (nSPS) is 10.4. The maximum Gasteiger partial charge on any atom is 0.412 e. The molecule has 0 radical (unpaired) electrons. The molecule has 0 spiro atoms. The van der Waals surface area contributed by atoms with Gasteiger partial charge >= 0.3 is 6.09 Å². The van der Waals surface area contributed by atoms with E-state index in [0.29, 0.717) is 5.69 Å². The SMILES string of the molecule is Cc1ccc(NC(=O)OC(C)(C)C)c(C#Cc2ccccc2)c1. The van der Waals surface area contributed by atoms with Gasteiger partial charge in [0.15, 0.2) is 0 Å². The van der Waals surface area contributed by atoms with Crippen molar-refractivity contribution in [2.75, 3.05) is 5.32 Å². The van der Waals surface area contributed by atoms with Crippen LogP contribution in [0.2, 0.25) is 0 Å². The van der Waals surface area contributed by atoms with Crippen LogP contribution >= 0.6 is 0 Å². The van der Waals surface area contributed by atoms with Gasteiger partial charge in [-0.15, -0.1) is 0 Å². The Labute approximate surface area is 137 Å². The molecule has 0 atom stereocenters. The Morgan fingerprint density at radius 3 is 2.39 bits per heavy atom. The fourth-order valence-corrected chi connectivity index (χ4v) is 1.95. The second kappa shape index (κ2) is 7.02. The van der Waals surface area contributed by atoms with Crippen LogP contribution < -0.4 is 5.32 Å².